The molecule has 0 spiro atoms. The molecule has 0 unspecified atom stereocenters. The Morgan fingerprint density at radius 2 is 1.76 bits per heavy atom. The van der Waals surface area contributed by atoms with Crippen molar-refractivity contribution < 1.29 is 17.6 Å². The standard InChI is InChI=1S/C15H12BrF4N/c16-13-5-4-11(14(17)7-13)9-21-8-10-2-1-3-12(6-10)15(18,19)20/h1-7,21H,8-9H2. The Balaban J connectivity index is 1.97. The summed E-state index contributed by atoms with van der Waals surface area (Å²) in [4.78, 5) is 0. The molecular formula is C15H12BrF4N. The van der Waals surface area contributed by atoms with E-state index in [0.717, 1.165) is 12.1 Å². The predicted octanol–water partition coefficient (Wildman–Crippen LogP) is 4.90. The number of halogens is 5. The van der Waals surface area contributed by atoms with E-state index in [4.69, 9.17) is 0 Å². The summed E-state index contributed by atoms with van der Waals surface area (Å²) in [5, 5.41) is 2.93. The molecule has 0 aliphatic rings. The molecule has 112 valence electrons. The summed E-state index contributed by atoms with van der Waals surface area (Å²) in [7, 11) is 0. The van der Waals surface area contributed by atoms with Crippen LogP contribution >= 0.6 is 15.9 Å². The number of hydrogen-bond donors (Lipinski definition) is 1. The van der Waals surface area contributed by atoms with E-state index in [2.05, 4.69) is 21.2 Å². The first-order chi connectivity index (χ1) is 9.86. The number of rotatable bonds is 4. The lowest BCUT2D eigenvalue weighted by Gasteiger charge is -2.10. The zero-order valence-corrected chi connectivity index (χ0v) is 12.4. The first-order valence-electron chi connectivity index (χ1n) is 6.17. The van der Waals surface area contributed by atoms with Crippen molar-refractivity contribution in [2.45, 2.75) is 19.3 Å². The van der Waals surface area contributed by atoms with Crippen molar-refractivity contribution in [3.63, 3.8) is 0 Å². The first kappa shape index (κ1) is 16.0. The summed E-state index contributed by atoms with van der Waals surface area (Å²) < 4.78 is 51.9. The lowest BCUT2D eigenvalue weighted by atomic mass is 10.1. The molecule has 0 aliphatic carbocycles. The Bertz CT molecular complexity index is 625. The SMILES string of the molecule is Fc1cc(Br)ccc1CNCc1cccc(C(F)(F)F)c1. The van der Waals surface area contributed by atoms with Gasteiger partial charge >= 0.3 is 6.18 Å². The van der Waals surface area contributed by atoms with Crippen LogP contribution in [0, 0.1) is 5.82 Å². The zero-order chi connectivity index (χ0) is 15.5. The molecule has 0 saturated carbocycles. The van der Waals surface area contributed by atoms with Gasteiger partial charge in [0.15, 0.2) is 0 Å². The fourth-order valence-electron chi connectivity index (χ4n) is 1.86. The summed E-state index contributed by atoms with van der Waals surface area (Å²) in [6.07, 6.45) is -4.35. The van der Waals surface area contributed by atoms with Gasteiger partial charge in [-0.2, -0.15) is 13.2 Å². The second-order valence-corrected chi connectivity index (χ2v) is 5.45. The van der Waals surface area contributed by atoms with Crippen LogP contribution in [0.15, 0.2) is 46.9 Å². The van der Waals surface area contributed by atoms with Gasteiger partial charge in [0.2, 0.25) is 0 Å². The minimum Gasteiger partial charge on any atom is -0.309 e. The van der Waals surface area contributed by atoms with Crippen LogP contribution in [0.5, 0.6) is 0 Å². The van der Waals surface area contributed by atoms with Gasteiger partial charge in [-0.25, -0.2) is 4.39 Å². The van der Waals surface area contributed by atoms with Crippen molar-refractivity contribution in [3.8, 4) is 0 Å². The maximum absolute atomic E-state index is 13.6. The summed E-state index contributed by atoms with van der Waals surface area (Å²) in [6.45, 7) is 0.481. The highest BCUT2D eigenvalue weighted by atomic mass is 79.9. The van der Waals surface area contributed by atoms with E-state index >= 15 is 0 Å². The first-order valence-corrected chi connectivity index (χ1v) is 6.96. The average molecular weight is 362 g/mol. The molecule has 1 N–H and O–H groups in total. The van der Waals surface area contributed by atoms with Crippen LogP contribution in [0.2, 0.25) is 0 Å². The summed E-state index contributed by atoms with van der Waals surface area (Å²) in [6, 6.07) is 9.76. The Kier molecular flexibility index (Phi) is 5.00. The van der Waals surface area contributed by atoms with Gasteiger partial charge in [0.1, 0.15) is 5.82 Å². The highest BCUT2D eigenvalue weighted by Crippen LogP contribution is 2.29. The summed E-state index contributed by atoms with van der Waals surface area (Å²) in [5.74, 6) is -0.360. The lowest BCUT2D eigenvalue weighted by molar-refractivity contribution is -0.137. The Morgan fingerprint density at radius 1 is 1.00 bits per heavy atom. The van der Waals surface area contributed by atoms with Crippen LogP contribution in [-0.2, 0) is 19.3 Å². The number of benzene rings is 2. The molecule has 0 atom stereocenters. The van der Waals surface area contributed by atoms with Gasteiger partial charge in [-0.3, -0.25) is 0 Å². The van der Waals surface area contributed by atoms with Crippen LogP contribution < -0.4 is 5.32 Å². The second-order valence-electron chi connectivity index (χ2n) is 4.54. The molecule has 0 heterocycles. The maximum Gasteiger partial charge on any atom is 0.416 e. The summed E-state index contributed by atoms with van der Waals surface area (Å²) >= 11 is 3.16. The zero-order valence-electron chi connectivity index (χ0n) is 10.8. The summed E-state index contributed by atoms with van der Waals surface area (Å²) in [5.41, 5.74) is 0.282. The Hall–Kier alpha value is -1.40. The number of alkyl halides is 3. The van der Waals surface area contributed by atoms with Crippen LogP contribution in [-0.4, -0.2) is 0 Å². The number of hydrogen-bond acceptors (Lipinski definition) is 1. The normalized spacial score (nSPS) is 11.7. The van der Waals surface area contributed by atoms with E-state index in [0.29, 0.717) is 15.6 Å². The van der Waals surface area contributed by atoms with Gasteiger partial charge in [-0.1, -0.05) is 40.2 Å². The third-order valence-electron chi connectivity index (χ3n) is 2.91. The smallest absolute Gasteiger partial charge is 0.309 e. The largest absolute Gasteiger partial charge is 0.416 e. The molecular weight excluding hydrogens is 350 g/mol. The quantitative estimate of drug-likeness (QED) is 0.764. The van der Waals surface area contributed by atoms with Gasteiger partial charge in [0.05, 0.1) is 5.56 Å². The van der Waals surface area contributed by atoms with Gasteiger partial charge in [-0.05, 0) is 23.8 Å². The fraction of sp³-hybridized carbons (Fsp3) is 0.200. The molecule has 2 rings (SSSR count). The van der Waals surface area contributed by atoms with Gasteiger partial charge in [-0.15, -0.1) is 0 Å². The molecule has 1 nitrogen and oxygen atoms in total. The van der Waals surface area contributed by atoms with Gasteiger partial charge in [0.25, 0.3) is 0 Å². The van der Waals surface area contributed by atoms with Crippen LogP contribution in [0.3, 0.4) is 0 Å². The Morgan fingerprint density at radius 3 is 2.43 bits per heavy atom. The molecule has 0 radical (unpaired) electrons. The van der Waals surface area contributed by atoms with Crippen molar-refractivity contribution in [1.82, 2.24) is 5.32 Å². The van der Waals surface area contributed by atoms with Crippen LogP contribution in [0.4, 0.5) is 17.6 Å². The second kappa shape index (κ2) is 6.58. The van der Waals surface area contributed by atoms with Crippen molar-refractivity contribution in [3.05, 3.63) is 69.4 Å². The fourth-order valence-corrected chi connectivity index (χ4v) is 2.20. The molecule has 0 bridgehead atoms. The third-order valence-corrected chi connectivity index (χ3v) is 3.41. The van der Waals surface area contributed by atoms with Gasteiger partial charge in [0, 0.05) is 23.1 Å². The van der Waals surface area contributed by atoms with E-state index in [9.17, 15) is 17.6 Å². The van der Waals surface area contributed by atoms with Crippen molar-refractivity contribution in [2.24, 2.45) is 0 Å². The van der Waals surface area contributed by atoms with Crippen molar-refractivity contribution >= 4 is 15.9 Å². The Labute approximate surface area is 128 Å². The molecule has 0 aliphatic heterocycles. The minimum absolute atomic E-state index is 0.236. The molecule has 6 heteroatoms. The third kappa shape index (κ3) is 4.54. The van der Waals surface area contributed by atoms with Gasteiger partial charge < -0.3 is 5.32 Å². The molecule has 0 saturated heterocycles. The molecule has 0 amide bonds. The van der Waals surface area contributed by atoms with Crippen LogP contribution in [0.1, 0.15) is 16.7 Å². The molecule has 2 aromatic carbocycles. The predicted molar refractivity (Wildman–Crippen MR) is 76.1 cm³/mol. The number of nitrogens with one attached hydrogen (secondary N) is 1. The molecule has 21 heavy (non-hydrogen) atoms. The average Bonchev–Trinajstić information content (AvgIpc) is 2.41. The molecule has 2 aromatic rings. The maximum atomic E-state index is 13.6. The van der Waals surface area contributed by atoms with Crippen LogP contribution in [0.25, 0.3) is 0 Å². The lowest BCUT2D eigenvalue weighted by Crippen LogP contribution is -2.14. The monoisotopic (exact) mass is 361 g/mol. The van der Waals surface area contributed by atoms with E-state index in [-0.39, 0.29) is 18.9 Å². The topological polar surface area (TPSA) is 12.0 Å². The molecule has 0 fully saturated rings. The minimum atomic E-state index is -4.35. The molecule has 0 aromatic heterocycles. The van der Waals surface area contributed by atoms with Crippen molar-refractivity contribution in [2.75, 3.05) is 0 Å². The van der Waals surface area contributed by atoms with E-state index < -0.39 is 11.7 Å². The van der Waals surface area contributed by atoms with E-state index in [1.54, 1.807) is 18.2 Å². The van der Waals surface area contributed by atoms with E-state index in [1.165, 1.54) is 12.1 Å². The van der Waals surface area contributed by atoms with Crippen molar-refractivity contribution in [1.29, 1.82) is 0 Å². The highest BCUT2D eigenvalue weighted by molar-refractivity contribution is 9.10. The van der Waals surface area contributed by atoms with E-state index in [1.807, 2.05) is 0 Å². The highest BCUT2D eigenvalue weighted by Gasteiger charge is 2.30.